The van der Waals surface area contributed by atoms with Crippen LogP contribution in [-0.4, -0.2) is 29.6 Å². The zero-order chi connectivity index (χ0) is 13.6. The molecule has 0 aliphatic heterocycles. The zero-order valence-corrected chi connectivity index (χ0v) is 13.3. The Labute approximate surface area is 116 Å². The number of rotatable bonds is 7. The molecule has 0 saturated heterocycles. The third-order valence-corrected chi connectivity index (χ3v) is 4.05. The van der Waals surface area contributed by atoms with E-state index in [0.29, 0.717) is 6.04 Å². The highest BCUT2D eigenvalue weighted by Gasteiger charge is 2.14. The van der Waals surface area contributed by atoms with Gasteiger partial charge in [-0.25, -0.2) is 0 Å². The summed E-state index contributed by atoms with van der Waals surface area (Å²) in [4.78, 5) is 4.02. The number of hydrogen-bond acceptors (Lipinski definition) is 3. The lowest BCUT2D eigenvalue weighted by atomic mass is 10.1. The summed E-state index contributed by atoms with van der Waals surface area (Å²) in [6.45, 7) is 14.6. The van der Waals surface area contributed by atoms with Crippen molar-refractivity contribution >= 4 is 11.3 Å². The molecular formula is C15H28N2S. The van der Waals surface area contributed by atoms with Gasteiger partial charge in [0.25, 0.3) is 0 Å². The fourth-order valence-corrected chi connectivity index (χ4v) is 2.75. The monoisotopic (exact) mass is 268 g/mol. The van der Waals surface area contributed by atoms with Gasteiger partial charge in [-0.15, -0.1) is 11.3 Å². The van der Waals surface area contributed by atoms with Crippen LogP contribution in [0.25, 0.3) is 0 Å². The van der Waals surface area contributed by atoms with Crippen molar-refractivity contribution in [3.05, 3.63) is 22.4 Å². The van der Waals surface area contributed by atoms with Gasteiger partial charge < -0.3 is 5.32 Å². The Balaban J connectivity index is 2.35. The van der Waals surface area contributed by atoms with Crippen molar-refractivity contribution in [1.82, 2.24) is 10.2 Å². The maximum Gasteiger partial charge on any atom is 0.0330 e. The van der Waals surface area contributed by atoms with E-state index in [4.69, 9.17) is 0 Å². The standard InChI is InChI=1S/C15H28N2S/c1-6-17(12-14-8-7-11-18-14)13(2)9-10-16-15(3,4)5/h7-8,11,13,16H,6,9-10,12H2,1-5H3. The van der Waals surface area contributed by atoms with Gasteiger partial charge in [0.2, 0.25) is 0 Å². The molecule has 1 rings (SSSR count). The molecule has 1 aromatic heterocycles. The largest absolute Gasteiger partial charge is 0.312 e. The molecule has 0 amide bonds. The molecule has 1 N–H and O–H groups in total. The third-order valence-electron chi connectivity index (χ3n) is 3.19. The second kappa shape index (κ2) is 7.27. The normalized spacial score (nSPS) is 14.1. The molecule has 1 atom stereocenters. The van der Waals surface area contributed by atoms with Gasteiger partial charge in [0.1, 0.15) is 0 Å². The molecule has 0 fully saturated rings. The topological polar surface area (TPSA) is 15.3 Å². The summed E-state index contributed by atoms with van der Waals surface area (Å²) >= 11 is 1.85. The minimum Gasteiger partial charge on any atom is -0.312 e. The van der Waals surface area contributed by atoms with Crippen LogP contribution in [0.5, 0.6) is 0 Å². The minimum absolute atomic E-state index is 0.227. The first-order valence-electron chi connectivity index (χ1n) is 6.94. The first-order valence-corrected chi connectivity index (χ1v) is 7.82. The molecule has 0 spiro atoms. The first kappa shape index (κ1) is 15.7. The molecule has 2 nitrogen and oxygen atoms in total. The van der Waals surface area contributed by atoms with Gasteiger partial charge in [0.15, 0.2) is 0 Å². The number of thiophene rings is 1. The fourth-order valence-electron chi connectivity index (χ4n) is 2.02. The smallest absolute Gasteiger partial charge is 0.0330 e. The molecular weight excluding hydrogens is 240 g/mol. The van der Waals surface area contributed by atoms with Crippen LogP contribution >= 0.6 is 11.3 Å². The molecule has 0 aliphatic carbocycles. The summed E-state index contributed by atoms with van der Waals surface area (Å²) in [5.41, 5.74) is 0.227. The molecule has 0 aliphatic rings. The van der Waals surface area contributed by atoms with E-state index in [-0.39, 0.29) is 5.54 Å². The predicted octanol–water partition coefficient (Wildman–Crippen LogP) is 3.74. The first-order chi connectivity index (χ1) is 8.42. The van der Waals surface area contributed by atoms with Crippen LogP contribution in [0.1, 0.15) is 45.9 Å². The zero-order valence-electron chi connectivity index (χ0n) is 12.5. The molecule has 0 radical (unpaired) electrons. The van der Waals surface area contributed by atoms with Crippen molar-refractivity contribution in [2.75, 3.05) is 13.1 Å². The Morgan fingerprint density at radius 1 is 1.39 bits per heavy atom. The van der Waals surface area contributed by atoms with Crippen LogP contribution in [0.3, 0.4) is 0 Å². The molecule has 0 bridgehead atoms. The summed E-state index contributed by atoms with van der Waals surface area (Å²) in [6, 6.07) is 5.00. The Kier molecular flexibility index (Phi) is 6.33. The number of nitrogens with zero attached hydrogens (tertiary/aromatic N) is 1. The molecule has 1 heterocycles. The van der Waals surface area contributed by atoms with E-state index in [1.807, 2.05) is 11.3 Å². The Hall–Kier alpha value is -0.380. The fraction of sp³-hybridized carbons (Fsp3) is 0.733. The summed E-state index contributed by atoms with van der Waals surface area (Å²) in [6.07, 6.45) is 1.20. The van der Waals surface area contributed by atoms with Gasteiger partial charge in [-0.2, -0.15) is 0 Å². The van der Waals surface area contributed by atoms with Crippen LogP contribution < -0.4 is 5.32 Å². The van der Waals surface area contributed by atoms with Crippen LogP contribution in [-0.2, 0) is 6.54 Å². The Morgan fingerprint density at radius 2 is 2.11 bits per heavy atom. The van der Waals surface area contributed by atoms with Crippen molar-refractivity contribution < 1.29 is 0 Å². The van der Waals surface area contributed by atoms with E-state index in [1.165, 1.54) is 11.3 Å². The summed E-state index contributed by atoms with van der Waals surface area (Å²) < 4.78 is 0. The van der Waals surface area contributed by atoms with E-state index in [2.05, 4.69) is 62.3 Å². The molecule has 104 valence electrons. The average Bonchev–Trinajstić information content (AvgIpc) is 2.76. The van der Waals surface area contributed by atoms with Gasteiger partial charge in [0, 0.05) is 23.0 Å². The lowest BCUT2D eigenvalue weighted by Gasteiger charge is -2.29. The van der Waals surface area contributed by atoms with Gasteiger partial charge in [-0.3, -0.25) is 4.90 Å². The second-order valence-electron chi connectivity index (χ2n) is 5.96. The van der Waals surface area contributed by atoms with E-state index >= 15 is 0 Å². The molecule has 1 unspecified atom stereocenters. The highest BCUT2D eigenvalue weighted by Crippen LogP contribution is 2.15. The van der Waals surface area contributed by atoms with Crippen LogP contribution in [0.15, 0.2) is 17.5 Å². The summed E-state index contributed by atoms with van der Waals surface area (Å²) in [5, 5.41) is 5.73. The van der Waals surface area contributed by atoms with Gasteiger partial charge >= 0.3 is 0 Å². The van der Waals surface area contributed by atoms with Crippen molar-refractivity contribution in [3.8, 4) is 0 Å². The molecule has 0 saturated carbocycles. The molecule has 18 heavy (non-hydrogen) atoms. The number of nitrogens with one attached hydrogen (secondary N) is 1. The van der Waals surface area contributed by atoms with Crippen LogP contribution in [0.2, 0.25) is 0 Å². The van der Waals surface area contributed by atoms with Crippen molar-refractivity contribution in [1.29, 1.82) is 0 Å². The van der Waals surface area contributed by atoms with E-state index in [9.17, 15) is 0 Å². The third kappa shape index (κ3) is 5.98. The lowest BCUT2D eigenvalue weighted by Crippen LogP contribution is -2.40. The van der Waals surface area contributed by atoms with Crippen molar-refractivity contribution in [3.63, 3.8) is 0 Å². The van der Waals surface area contributed by atoms with Crippen LogP contribution in [0.4, 0.5) is 0 Å². The minimum atomic E-state index is 0.227. The lowest BCUT2D eigenvalue weighted by molar-refractivity contribution is 0.198. The van der Waals surface area contributed by atoms with Crippen LogP contribution in [0, 0.1) is 0 Å². The highest BCUT2D eigenvalue weighted by molar-refractivity contribution is 7.09. The van der Waals surface area contributed by atoms with Gasteiger partial charge in [-0.1, -0.05) is 13.0 Å². The quantitative estimate of drug-likeness (QED) is 0.810. The SMILES string of the molecule is CCN(Cc1cccs1)C(C)CCNC(C)(C)C. The maximum atomic E-state index is 3.57. The highest BCUT2D eigenvalue weighted by atomic mass is 32.1. The maximum absolute atomic E-state index is 3.57. The van der Waals surface area contributed by atoms with E-state index < -0.39 is 0 Å². The van der Waals surface area contributed by atoms with Gasteiger partial charge in [0.05, 0.1) is 0 Å². The van der Waals surface area contributed by atoms with Crippen molar-refractivity contribution in [2.45, 2.75) is 59.2 Å². The number of hydrogen-bond donors (Lipinski definition) is 1. The van der Waals surface area contributed by atoms with E-state index in [0.717, 1.165) is 19.6 Å². The summed E-state index contributed by atoms with van der Waals surface area (Å²) in [7, 11) is 0. The summed E-state index contributed by atoms with van der Waals surface area (Å²) in [5.74, 6) is 0. The Bertz CT molecular complexity index is 314. The molecule has 1 aromatic rings. The van der Waals surface area contributed by atoms with Crippen molar-refractivity contribution in [2.24, 2.45) is 0 Å². The van der Waals surface area contributed by atoms with Gasteiger partial charge in [-0.05, 0) is 58.7 Å². The average molecular weight is 268 g/mol. The Morgan fingerprint density at radius 3 is 2.61 bits per heavy atom. The molecule has 3 heteroatoms. The molecule has 0 aromatic carbocycles. The van der Waals surface area contributed by atoms with E-state index in [1.54, 1.807) is 0 Å². The predicted molar refractivity (Wildman–Crippen MR) is 82.2 cm³/mol. The second-order valence-corrected chi connectivity index (χ2v) is 6.99.